The number of nitrogens with zero attached hydrogens (tertiary/aromatic N) is 21. The maximum atomic E-state index is 12.8. The number of hydrogen-bond acceptors (Lipinski definition) is 27. The van der Waals surface area contributed by atoms with Crippen LogP contribution in [0.25, 0.3) is 89.2 Å². The third-order valence-corrected chi connectivity index (χ3v) is 25.4. The van der Waals surface area contributed by atoms with Crippen LogP contribution in [0.15, 0.2) is 292 Å². The number of nitrogen functional groups attached to an aromatic ring is 4. The standard InChI is InChI=1S/C29H33N7O2.C28H31N7O2.C27H28N6O3.C26H26N6O2/c1-35(2)18-6-9-25(37)33-21-12-14-22(15-13-21)36-29-26(28(30)31-19-32-29)27(34-36)20-10-16-24(17-11-20)38-23-7-4-3-5-8-23;1-33(2)16-7-11-24(36)34-17-6-8-21(18-34)35-28-25(27(29)30-19-31-28)26(32-35)20-12-14-23(15-13-20)37-22-9-4-3-5-10-22;1-35-16-6-10-23(34)32-15-5-7-20(17-32)33-27-24(26(28)29-18-30-27)25(31-33)19-11-13-22(14-12-19)36-21-8-3-2-4-9-21;1-2-7-22(33)31-15-6-8-19(16-31)32-26-23(25(27)28-17-29-26)24(30-32)18-11-13-21(14-12-18)34-20-9-4-3-5-10-20/h3-11,16-17,19,21-22H,12-15,18H2,1-2H3,(H,33,37)(H2,30,31,32);3-5,7,9-15,19,21H,6,8,16-18H2,1-2H3,(H2,29,30,31);2-4,6,8-14,18,20H,5,7,15-17H2,1H3,(H2,28,29,30);2-5,7,9-14,17,19H,6,8,15-16H2,1H3,(H2,27,28,29)/b9-6+;11-7+;10-6+;7-2+. The summed E-state index contributed by atoms with van der Waals surface area (Å²) in [7, 11) is 9.50. The first-order valence-corrected chi connectivity index (χ1v) is 48.6. The van der Waals surface area contributed by atoms with E-state index in [2.05, 4.69) is 45.2 Å². The average molecular weight is 1950 g/mol. The number of methoxy groups -OCH3 is 1. The van der Waals surface area contributed by atoms with E-state index in [9.17, 15) is 19.2 Å². The number of allylic oxidation sites excluding steroid dienone is 1. The number of aromatic nitrogens is 16. The summed E-state index contributed by atoms with van der Waals surface area (Å²) < 4.78 is 36.4. The van der Waals surface area contributed by atoms with Crippen LogP contribution in [-0.4, -0.2) is 227 Å². The van der Waals surface area contributed by atoms with Gasteiger partial charge in [-0.25, -0.2) is 58.6 Å². The van der Waals surface area contributed by atoms with Gasteiger partial charge in [-0.2, -0.15) is 20.4 Å². The number of likely N-dealkylation sites (tertiary alicyclic amines) is 3. The number of nitrogens with two attached hydrogens (primary N) is 4. The third-order valence-electron chi connectivity index (χ3n) is 25.4. The van der Waals surface area contributed by atoms with Crippen LogP contribution in [-0.2, 0) is 23.9 Å². The van der Waals surface area contributed by atoms with Gasteiger partial charge < -0.3 is 76.4 Å². The van der Waals surface area contributed by atoms with E-state index in [0.29, 0.717) is 95.2 Å². The predicted molar refractivity (Wildman–Crippen MR) is 562 cm³/mol. The largest absolute Gasteiger partial charge is 0.457 e. The lowest BCUT2D eigenvalue weighted by molar-refractivity contribution is -0.128. The van der Waals surface area contributed by atoms with E-state index in [4.69, 9.17) is 67.0 Å². The molecule has 11 heterocycles. The molecule has 4 fully saturated rings. The number of ether oxygens (including phenoxy) is 5. The minimum absolute atomic E-state index is 0.00816. The Bertz CT molecular complexity index is 7220. The number of rotatable bonds is 27. The zero-order valence-corrected chi connectivity index (χ0v) is 81.9. The van der Waals surface area contributed by atoms with Crippen molar-refractivity contribution in [3.8, 4) is 91.0 Å². The van der Waals surface area contributed by atoms with Crippen LogP contribution in [0, 0.1) is 0 Å². The van der Waals surface area contributed by atoms with E-state index in [1.165, 1.54) is 25.3 Å². The number of amides is 4. The van der Waals surface area contributed by atoms with E-state index in [1.54, 1.807) is 43.6 Å². The molecule has 0 bridgehead atoms. The first-order valence-electron chi connectivity index (χ1n) is 48.6. The van der Waals surface area contributed by atoms with Crippen molar-refractivity contribution in [1.82, 2.24) is 109 Å². The van der Waals surface area contributed by atoms with Gasteiger partial charge in [0.25, 0.3) is 0 Å². The first kappa shape index (κ1) is 99.6. The molecule has 0 radical (unpaired) electrons. The Kier molecular flexibility index (Phi) is 32.7. The number of piperidine rings is 3. The van der Waals surface area contributed by atoms with Crippen molar-refractivity contribution < 1.29 is 42.9 Å². The molecular weight excluding hydrogens is 1830 g/mol. The number of anilines is 4. The maximum Gasteiger partial charge on any atom is 0.246 e. The lowest BCUT2D eigenvalue weighted by Crippen LogP contribution is -2.40. The van der Waals surface area contributed by atoms with Gasteiger partial charge in [0.2, 0.25) is 23.6 Å². The molecule has 0 spiro atoms. The second kappa shape index (κ2) is 47.6. The smallest absolute Gasteiger partial charge is 0.246 e. The van der Waals surface area contributed by atoms with Gasteiger partial charge in [-0.15, -0.1) is 0 Å². The topological polar surface area (TPSA) is 421 Å². The zero-order chi connectivity index (χ0) is 101. The minimum atomic E-state index is -0.0395. The summed E-state index contributed by atoms with van der Waals surface area (Å²) in [5, 5.41) is 25.9. The van der Waals surface area contributed by atoms with Crippen molar-refractivity contribution in [3.63, 3.8) is 0 Å². The minimum Gasteiger partial charge on any atom is -0.457 e. The van der Waals surface area contributed by atoms with Gasteiger partial charge in [0, 0.05) is 106 Å². The molecular formula is C110H118N26O9. The summed E-state index contributed by atoms with van der Waals surface area (Å²) in [6.45, 7) is 7.58. The number of fused-ring (bicyclic) bond motifs is 4. The lowest BCUT2D eigenvalue weighted by Gasteiger charge is -2.32. The quantitative estimate of drug-likeness (QED) is 0.0298. The Labute approximate surface area is 839 Å². The summed E-state index contributed by atoms with van der Waals surface area (Å²) in [6.07, 6.45) is 28.5. The molecule has 4 aliphatic rings. The van der Waals surface area contributed by atoms with Crippen molar-refractivity contribution >= 4 is 91.0 Å². The van der Waals surface area contributed by atoms with Gasteiger partial charge in [-0.1, -0.05) is 97.1 Å². The molecule has 16 aromatic rings. The van der Waals surface area contributed by atoms with Crippen LogP contribution >= 0.6 is 0 Å². The summed E-state index contributed by atoms with van der Waals surface area (Å²) >= 11 is 0. The number of para-hydroxylation sites is 4. The van der Waals surface area contributed by atoms with Crippen molar-refractivity contribution in [3.05, 3.63) is 292 Å². The molecule has 3 saturated heterocycles. The van der Waals surface area contributed by atoms with Gasteiger partial charge in [-0.05, 0) is 251 Å². The average Bonchev–Trinajstić information content (AvgIpc) is 1.62. The molecule has 8 aromatic carbocycles. The van der Waals surface area contributed by atoms with Crippen LogP contribution in [0.1, 0.15) is 95.3 Å². The number of carbonyl (C=O) groups excluding carboxylic acids is 4. The molecule has 1 aliphatic carbocycles. The molecule has 4 amide bonds. The maximum absolute atomic E-state index is 12.8. The van der Waals surface area contributed by atoms with Crippen molar-refractivity contribution in [2.45, 2.75) is 101 Å². The molecule has 1 saturated carbocycles. The fraction of sp³-hybridized carbons (Fsp3) is 0.273. The second-order valence-corrected chi connectivity index (χ2v) is 36.2. The van der Waals surface area contributed by atoms with Gasteiger partial charge in [-0.3, -0.25) is 19.2 Å². The fourth-order valence-corrected chi connectivity index (χ4v) is 18.2. The summed E-state index contributed by atoms with van der Waals surface area (Å²) in [5.41, 5.74) is 34.4. The highest BCUT2D eigenvalue weighted by Gasteiger charge is 2.34. The molecule has 8 aromatic heterocycles. The fourth-order valence-electron chi connectivity index (χ4n) is 18.2. The lowest BCUT2D eigenvalue weighted by atomic mass is 9.91. The molecule has 20 rings (SSSR count). The van der Waals surface area contributed by atoms with Crippen LogP contribution in [0.5, 0.6) is 46.0 Å². The van der Waals surface area contributed by atoms with E-state index >= 15 is 0 Å². The van der Waals surface area contributed by atoms with E-state index in [1.807, 2.05) is 309 Å². The molecule has 35 nitrogen and oxygen atoms in total. The molecule has 3 atom stereocenters. The monoisotopic (exact) mass is 1950 g/mol. The Morgan fingerprint density at radius 3 is 0.910 bits per heavy atom. The number of benzene rings is 8. The van der Waals surface area contributed by atoms with Crippen molar-refractivity contribution in [2.24, 2.45) is 0 Å². The van der Waals surface area contributed by atoms with Crippen LogP contribution in [0.4, 0.5) is 23.3 Å². The zero-order valence-electron chi connectivity index (χ0n) is 81.9. The highest BCUT2D eigenvalue weighted by Crippen LogP contribution is 2.42. The van der Waals surface area contributed by atoms with E-state index in [-0.39, 0.29) is 53.8 Å². The Morgan fingerprint density at radius 1 is 0.345 bits per heavy atom. The normalized spacial score (nSPS) is 16.6. The van der Waals surface area contributed by atoms with E-state index in [0.717, 1.165) is 186 Å². The van der Waals surface area contributed by atoms with Crippen molar-refractivity contribution in [1.29, 1.82) is 0 Å². The van der Waals surface area contributed by atoms with Gasteiger partial charge in [0.15, 0.2) is 22.6 Å². The van der Waals surface area contributed by atoms with Gasteiger partial charge in [0.1, 0.15) is 117 Å². The third kappa shape index (κ3) is 24.8. The first-order chi connectivity index (χ1) is 70.7. The highest BCUT2D eigenvalue weighted by molar-refractivity contribution is 6.02. The summed E-state index contributed by atoms with van der Waals surface area (Å²) in [4.78, 5) is 94.8. The number of nitrogens with one attached hydrogen (secondary N) is 1. The van der Waals surface area contributed by atoms with Crippen LogP contribution in [0.2, 0.25) is 0 Å². The molecule has 742 valence electrons. The molecule has 3 unspecified atom stereocenters. The van der Waals surface area contributed by atoms with Gasteiger partial charge >= 0.3 is 0 Å². The number of carbonyl (C=O) groups is 4. The number of likely N-dealkylation sites (N-methyl/N-ethyl adjacent to an activating group) is 2. The molecule has 35 heteroatoms. The Hall–Kier alpha value is -16.9. The molecule has 3 aliphatic heterocycles. The van der Waals surface area contributed by atoms with Crippen molar-refractivity contribution in [2.75, 3.05) is 117 Å². The van der Waals surface area contributed by atoms with Crippen LogP contribution < -0.4 is 47.2 Å². The van der Waals surface area contributed by atoms with Crippen LogP contribution in [0.3, 0.4) is 0 Å². The molecule has 9 N–H and O–H groups in total. The summed E-state index contributed by atoms with van der Waals surface area (Å²) in [5.74, 6) is 7.54. The second-order valence-electron chi connectivity index (χ2n) is 36.2. The Morgan fingerprint density at radius 2 is 0.621 bits per heavy atom. The highest BCUT2D eigenvalue weighted by atomic mass is 16.5. The Balaban J connectivity index is 0.000000133. The van der Waals surface area contributed by atoms with Gasteiger partial charge in [0.05, 0.1) is 52.3 Å². The number of hydrogen-bond donors (Lipinski definition) is 5. The van der Waals surface area contributed by atoms with E-state index < -0.39 is 0 Å². The molecule has 145 heavy (non-hydrogen) atoms. The predicted octanol–water partition coefficient (Wildman–Crippen LogP) is 17.6. The SMILES string of the molecule is C/C=C/C(=O)N1CCCC(n2nc(-c3ccc(Oc4ccccc4)cc3)c3c(N)ncnc32)C1.CN(C)C/C=C/C(=O)N1CCCC(n2nc(-c3ccc(Oc4ccccc4)cc3)c3c(N)ncnc32)C1.CN(C)C/C=C/C(=O)NC1CCC(n2nc(-c3ccc(Oc4ccccc4)cc3)c3c(N)ncnc32)CC1.COC/C=C/C(=O)N1CCCC(n2nc(-c3ccc(Oc4ccccc4)cc3)c3c(N)ncnc32)C1. The summed E-state index contributed by atoms with van der Waals surface area (Å²) in [6, 6.07) is 69.9.